The lowest BCUT2D eigenvalue weighted by molar-refractivity contribution is -0.143. The SMILES string of the molecule is CCCC/C=C\CCCCCCCC(=O)OCCCCCCCC/C=C\CCCCCC(=O)NC(CO)C(O)/C=C/CCCCCCCCCCCCCCCC. The Kier molecular flexibility index (Phi) is 45.2. The molecule has 0 aliphatic rings. The minimum atomic E-state index is -0.861. The summed E-state index contributed by atoms with van der Waals surface area (Å²) in [5.41, 5.74) is 0. The zero-order valence-electron chi connectivity index (χ0n) is 37.8. The van der Waals surface area contributed by atoms with Gasteiger partial charge in [0.2, 0.25) is 5.91 Å². The third kappa shape index (κ3) is 43.5. The zero-order chi connectivity index (χ0) is 41.5. The highest BCUT2D eigenvalue weighted by Crippen LogP contribution is 2.15. The number of esters is 1. The van der Waals surface area contributed by atoms with Crippen molar-refractivity contribution in [3.8, 4) is 0 Å². The van der Waals surface area contributed by atoms with Gasteiger partial charge < -0.3 is 20.3 Å². The van der Waals surface area contributed by atoms with Gasteiger partial charge in [-0.1, -0.05) is 198 Å². The minimum absolute atomic E-state index is 0.0258. The molecule has 0 heterocycles. The van der Waals surface area contributed by atoms with Gasteiger partial charge in [0, 0.05) is 12.8 Å². The molecule has 2 atom stereocenters. The van der Waals surface area contributed by atoms with Gasteiger partial charge in [0.15, 0.2) is 0 Å². The summed E-state index contributed by atoms with van der Waals surface area (Å²) in [6.07, 6.45) is 55.6. The molecule has 0 spiro atoms. The van der Waals surface area contributed by atoms with E-state index in [2.05, 4.69) is 43.5 Å². The number of hydrogen-bond donors (Lipinski definition) is 3. The Morgan fingerprint density at radius 1 is 0.474 bits per heavy atom. The van der Waals surface area contributed by atoms with Crippen LogP contribution in [0.4, 0.5) is 0 Å². The quantitative estimate of drug-likeness (QED) is 0.0324. The molecule has 334 valence electrons. The first-order valence-electron chi connectivity index (χ1n) is 24.8. The molecule has 0 rings (SSSR count). The summed E-state index contributed by atoms with van der Waals surface area (Å²) in [5.74, 6) is -0.125. The van der Waals surface area contributed by atoms with E-state index >= 15 is 0 Å². The Morgan fingerprint density at radius 2 is 0.842 bits per heavy atom. The number of unbranched alkanes of at least 4 members (excludes halogenated alkanes) is 30. The minimum Gasteiger partial charge on any atom is -0.466 e. The van der Waals surface area contributed by atoms with E-state index in [1.807, 2.05) is 6.08 Å². The number of rotatable bonds is 45. The second-order valence-corrected chi connectivity index (χ2v) is 16.8. The van der Waals surface area contributed by atoms with Crippen molar-refractivity contribution in [2.75, 3.05) is 13.2 Å². The lowest BCUT2D eigenvalue weighted by Crippen LogP contribution is -2.45. The van der Waals surface area contributed by atoms with Crippen LogP contribution in [-0.2, 0) is 14.3 Å². The third-order valence-electron chi connectivity index (χ3n) is 11.1. The Bertz CT molecular complexity index is 931. The fourth-order valence-electron chi connectivity index (χ4n) is 7.25. The number of ether oxygens (including phenoxy) is 1. The summed E-state index contributed by atoms with van der Waals surface area (Å²) >= 11 is 0. The predicted octanol–water partition coefficient (Wildman–Crippen LogP) is 14.5. The third-order valence-corrected chi connectivity index (χ3v) is 11.1. The highest BCUT2D eigenvalue weighted by atomic mass is 16.5. The maximum atomic E-state index is 12.4. The largest absolute Gasteiger partial charge is 0.466 e. The van der Waals surface area contributed by atoms with Crippen LogP contribution in [-0.4, -0.2) is 47.4 Å². The summed E-state index contributed by atoms with van der Waals surface area (Å²) < 4.78 is 5.43. The molecule has 6 heteroatoms. The number of hydrogen-bond acceptors (Lipinski definition) is 5. The molecule has 0 aliphatic carbocycles. The standard InChI is InChI=1S/C51H95NO5/c1-3-5-7-9-11-13-15-16-17-18-20-24-27-31-35-39-43-49(54)48(47-53)52-50(55)44-40-36-32-28-25-21-19-22-26-30-34-38-42-46-57-51(56)45-41-37-33-29-23-14-12-10-8-6-4-2/h10,12,21,25,39,43,48-49,53-54H,3-9,11,13-20,22-24,26-38,40-42,44-47H2,1-2H3,(H,52,55)/b12-10-,25-21-,43-39+. The average molecular weight is 802 g/mol. The van der Waals surface area contributed by atoms with Gasteiger partial charge in [0.25, 0.3) is 0 Å². The van der Waals surface area contributed by atoms with Crippen LogP contribution in [0.3, 0.4) is 0 Å². The Hall–Kier alpha value is -1.92. The second-order valence-electron chi connectivity index (χ2n) is 16.8. The summed E-state index contributed by atoms with van der Waals surface area (Å²) in [5, 5.41) is 23.0. The lowest BCUT2D eigenvalue weighted by atomic mass is 10.0. The van der Waals surface area contributed by atoms with Crippen LogP contribution >= 0.6 is 0 Å². The van der Waals surface area contributed by atoms with Gasteiger partial charge in [-0.25, -0.2) is 0 Å². The maximum absolute atomic E-state index is 12.4. The van der Waals surface area contributed by atoms with Crippen LogP contribution < -0.4 is 5.32 Å². The van der Waals surface area contributed by atoms with E-state index in [0.717, 1.165) is 70.6 Å². The van der Waals surface area contributed by atoms with E-state index in [0.29, 0.717) is 19.4 Å². The molecule has 6 nitrogen and oxygen atoms in total. The fourth-order valence-corrected chi connectivity index (χ4v) is 7.25. The molecule has 0 radical (unpaired) electrons. The van der Waals surface area contributed by atoms with Crippen molar-refractivity contribution < 1.29 is 24.5 Å². The first-order chi connectivity index (χ1) is 28.0. The monoisotopic (exact) mass is 802 g/mol. The number of nitrogens with one attached hydrogen (secondary N) is 1. The molecule has 57 heavy (non-hydrogen) atoms. The van der Waals surface area contributed by atoms with Gasteiger partial charge in [-0.3, -0.25) is 9.59 Å². The smallest absolute Gasteiger partial charge is 0.305 e. The van der Waals surface area contributed by atoms with E-state index in [-0.39, 0.29) is 18.5 Å². The molecular formula is C51H95NO5. The van der Waals surface area contributed by atoms with E-state index in [1.54, 1.807) is 6.08 Å². The van der Waals surface area contributed by atoms with Crippen molar-refractivity contribution in [3.05, 3.63) is 36.5 Å². The summed E-state index contributed by atoms with van der Waals surface area (Å²) in [4.78, 5) is 24.4. The lowest BCUT2D eigenvalue weighted by Gasteiger charge is -2.19. The van der Waals surface area contributed by atoms with Crippen LogP contribution in [0.25, 0.3) is 0 Å². The first kappa shape index (κ1) is 55.1. The average Bonchev–Trinajstić information content (AvgIpc) is 3.21. The summed E-state index contributed by atoms with van der Waals surface area (Å²) in [7, 11) is 0. The molecule has 0 fully saturated rings. The van der Waals surface area contributed by atoms with Gasteiger partial charge in [0.1, 0.15) is 0 Å². The second kappa shape index (κ2) is 46.8. The Morgan fingerprint density at radius 3 is 1.32 bits per heavy atom. The summed E-state index contributed by atoms with van der Waals surface area (Å²) in [6.45, 7) is 4.81. The van der Waals surface area contributed by atoms with Gasteiger partial charge in [0.05, 0.1) is 25.4 Å². The molecule has 0 aliphatic heterocycles. The zero-order valence-corrected chi connectivity index (χ0v) is 37.8. The summed E-state index contributed by atoms with van der Waals surface area (Å²) in [6, 6.07) is -0.648. The first-order valence-corrected chi connectivity index (χ1v) is 24.8. The fraction of sp³-hybridized carbons (Fsp3) is 0.843. The number of aliphatic hydroxyl groups is 2. The van der Waals surface area contributed by atoms with Crippen LogP contribution in [0.15, 0.2) is 36.5 Å². The van der Waals surface area contributed by atoms with Crippen molar-refractivity contribution in [3.63, 3.8) is 0 Å². The van der Waals surface area contributed by atoms with E-state index < -0.39 is 12.1 Å². The van der Waals surface area contributed by atoms with Crippen molar-refractivity contribution >= 4 is 11.9 Å². The van der Waals surface area contributed by atoms with Crippen molar-refractivity contribution in [1.82, 2.24) is 5.32 Å². The molecule has 0 saturated carbocycles. The number of amides is 1. The Labute approximate surface area is 353 Å². The van der Waals surface area contributed by atoms with Crippen LogP contribution in [0.1, 0.15) is 251 Å². The Balaban J connectivity index is 3.56. The maximum Gasteiger partial charge on any atom is 0.305 e. The van der Waals surface area contributed by atoms with Gasteiger partial charge in [-0.15, -0.1) is 0 Å². The van der Waals surface area contributed by atoms with Gasteiger partial charge >= 0.3 is 5.97 Å². The van der Waals surface area contributed by atoms with E-state index in [1.165, 1.54) is 154 Å². The topological polar surface area (TPSA) is 95.9 Å². The highest BCUT2D eigenvalue weighted by Gasteiger charge is 2.18. The predicted molar refractivity (Wildman–Crippen MR) is 246 cm³/mol. The molecule has 0 aromatic carbocycles. The number of aliphatic hydroxyl groups excluding tert-OH is 2. The molecule has 0 bridgehead atoms. The van der Waals surface area contributed by atoms with Crippen molar-refractivity contribution in [2.45, 2.75) is 264 Å². The number of carbonyl (C=O) groups is 2. The number of carbonyl (C=O) groups excluding carboxylic acids is 2. The van der Waals surface area contributed by atoms with Gasteiger partial charge in [-0.2, -0.15) is 0 Å². The number of allylic oxidation sites excluding steroid dienone is 5. The van der Waals surface area contributed by atoms with Gasteiger partial charge in [-0.05, 0) is 77.0 Å². The van der Waals surface area contributed by atoms with Crippen molar-refractivity contribution in [2.24, 2.45) is 0 Å². The van der Waals surface area contributed by atoms with Crippen LogP contribution in [0, 0.1) is 0 Å². The van der Waals surface area contributed by atoms with E-state index in [9.17, 15) is 19.8 Å². The highest BCUT2D eigenvalue weighted by molar-refractivity contribution is 5.76. The molecule has 1 amide bonds. The van der Waals surface area contributed by atoms with E-state index in [4.69, 9.17) is 4.74 Å². The molecule has 3 N–H and O–H groups in total. The molecule has 0 saturated heterocycles. The molecule has 0 aromatic heterocycles. The van der Waals surface area contributed by atoms with Crippen LogP contribution in [0.2, 0.25) is 0 Å². The molecule has 0 aromatic rings. The van der Waals surface area contributed by atoms with Crippen molar-refractivity contribution in [1.29, 1.82) is 0 Å². The molecule has 2 unspecified atom stereocenters. The van der Waals surface area contributed by atoms with Crippen LogP contribution in [0.5, 0.6) is 0 Å². The molecular weight excluding hydrogens is 707 g/mol. The normalized spacial score (nSPS) is 13.0.